The highest BCUT2D eigenvalue weighted by Crippen LogP contribution is 2.40. The fourth-order valence-electron chi connectivity index (χ4n) is 4.53. The van der Waals surface area contributed by atoms with Crippen LogP contribution in [0.3, 0.4) is 0 Å². The maximum atomic E-state index is 15.0. The molecule has 1 fully saturated rings. The number of ether oxygens (including phenoxy) is 2. The van der Waals surface area contributed by atoms with Crippen molar-refractivity contribution in [3.63, 3.8) is 0 Å². The third kappa shape index (κ3) is 5.89. The Bertz CT molecular complexity index is 1230. The summed E-state index contributed by atoms with van der Waals surface area (Å²) in [5, 5.41) is 0.162. The molecule has 3 aromatic rings. The molecule has 0 N–H and O–H groups in total. The zero-order valence-electron chi connectivity index (χ0n) is 21.2. The van der Waals surface area contributed by atoms with Crippen LogP contribution in [0.15, 0.2) is 36.7 Å². The van der Waals surface area contributed by atoms with E-state index in [9.17, 15) is 4.39 Å². The maximum Gasteiger partial charge on any atom is 0.250 e. The van der Waals surface area contributed by atoms with Gasteiger partial charge in [-0.2, -0.15) is 0 Å². The lowest BCUT2D eigenvalue weighted by Crippen LogP contribution is -2.38. The predicted molar refractivity (Wildman–Crippen MR) is 139 cm³/mol. The van der Waals surface area contributed by atoms with Crippen LogP contribution >= 0.6 is 11.6 Å². The molecule has 36 heavy (non-hydrogen) atoms. The van der Waals surface area contributed by atoms with Crippen LogP contribution in [0.4, 0.5) is 14.5 Å². The highest BCUT2D eigenvalue weighted by molar-refractivity contribution is 6.32. The fraction of sp³-hybridized carbons (Fsp3) is 0.429. The Labute approximate surface area is 216 Å². The molecule has 2 aromatic heterocycles. The summed E-state index contributed by atoms with van der Waals surface area (Å²) >= 11 is 5.95. The van der Waals surface area contributed by atoms with E-state index in [2.05, 4.69) is 35.6 Å². The van der Waals surface area contributed by atoms with Crippen LogP contribution in [0.2, 0.25) is 5.02 Å². The van der Waals surface area contributed by atoms with Gasteiger partial charge in [0, 0.05) is 42.3 Å². The molecule has 5 nitrogen and oxygen atoms in total. The minimum Gasteiger partial charge on any atom is -0.488 e. The lowest BCUT2D eigenvalue weighted by molar-refractivity contribution is 0.205. The number of hydrogen-bond donors (Lipinski definition) is 0. The van der Waals surface area contributed by atoms with E-state index in [1.807, 2.05) is 13.1 Å². The molecule has 0 spiro atoms. The molecule has 1 aromatic carbocycles. The lowest BCUT2D eigenvalue weighted by Gasteiger charge is -2.40. The third-order valence-corrected chi connectivity index (χ3v) is 7.04. The van der Waals surface area contributed by atoms with E-state index in [0.29, 0.717) is 16.7 Å². The summed E-state index contributed by atoms with van der Waals surface area (Å²) < 4.78 is 39.2. The number of pyridine rings is 2. The van der Waals surface area contributed by atoms with Crippen LogP contribution in [-0.4, -0.2) is 36.3 Å². The predicted octanol–water partition coefficient (Wildman–Crippen LogP) is 7.03. The van der Waals surface area contributed by atoms with Crippen molar-refractivity contribution in [2.24, 2.45) is 5.41 Å². The highest BCUT2D eigenvalue weighted by Gasteiger charge is 2.28. The first-order valence-corrected chi connectivity index (χ1v) is 12.7. The van der Waals surface area contributed by atoms with E-state index < -0.39 is 11.6 Å². The monoisotopic (exact) mass is 515 g/mol. The van der Waals surface area contributed by atoms with Crippen molar-refractivity contribution >= 4 is 17.3 Å². The normalized spacial score (nSPS) is 15.1. The van der Waals surface area contributed by atoms with Gasteiger partial charge in [0.15, 0.2) is 5.82 Å². The molecule has 3 heterocycles. The maximum absolute atomic E-state index is 15.0. The SMILES string of the molecule is CCc1c(C)ncc(-c2cnc(OCCOc3ccc(F)cc3Cl)c(F)c2)c1N1CCC(C)(C)CC1. The fourth-order valence-corrected chi connectivity index (χ4v) is 4.75. The van der Waals surface area contributed by atoms with Gasteiger partial charge in [-0.05, 0) is 61.4 Å². The molecular weight excluding hydrogens is 484 g/mol. The molecule has 0 unspecified atom stereocenters. The Morgan fingerprint density at radius 1 is 1.03 bits per heavy atom. The molecule has 192 valence electrons. The molecule has 1 aliphatic heterocycles. The number of piperidine rings is 1. The summed E-state index contributed by atoms with van der Waals surface area (Å²) in [6.07, 6.45) is 6.49. The van der Waals surface area contributed by atoms with Crippen molar-refractivity contribution in [2.75, 3.05) is 31.2 Å². The third-order valence-electron chi connectivity index (χ3n) is 6.74. The van der Waals surface area contributed by atoms with Gasteiger partial charge in [-0.3, -0.25) is 4.98 Å². The molecule has 1 saturated heterocycles. The van der Waals surface area contributed by atoms with Crippen molar-refractivity contribution in [1.29, 1.82) is 0 Å². The molecule has 0 amide bonds. The molecule has 1 aliphatic rings. The number of nitrogens with zero attached hydrogens (tertiary/aromatic N) is 3. The van der Waals surface area contributed by atoms with Crippen LogP contribution in [0.1, 0.15) is 44.9 Å². The molecule has 4 rings (SSSR count). The van der Waals surface area contributed by atoms with Gasteiger partial charge in [-0.1, -0.05) is 32.4 Å². The minimum absolute atomic E-state index is 0.0534. The lowest BCUT2D eigenvalue weighted by atomic mass is 9.82. The van der Waals surface area contributed by atoms with E-state index in [-0.39, 0.29) is 24.1 Å². The van der Waals surface area contributed by atoms with Crippen LogP contribution in [0.5, 0.6) is 11.6 Å². The van der Waals surface area contributed by atoms with Gasteiger partial charge in [-0.25, -0.2) is 13.8 Å². The van der Waals surface area contributed by atoms with Crippen molar-refractivity contribution in [3.8, 4) is 22.8 Å². The van der Waals surface area contributed by atoms with E-state index in [1.54, 1.807) is 6.20 Å². The van der Waals surface area contributed by atoms with Crippen molar-refractivity contribution in [3.05, 3.63) is 64.6 Å². The molecule has 8 heteroatoms. The van der Waals surface area contributed by atoms with Crippen molar-refractivity contribution in [2.45, 2.75) is 47.0 Å². The molecule has 0 atom stereocenters. The topological polar surface area (TPSA) is 47.5 Å². The quantitative estimate of drug-likeness (QED) is 0.301. The number of anilines is 1. The van der Waals surface area contributed by atoms with E-state index in [4.69, 9.17) is 21.1 Å². The van der Waals surface area contributed by atoms with Crippen LogP contribution in [-0.2, 0) is 6.42 Å². The van der Waals surface area contributed by atoms with Gasteiger partial charge < -0.3 is 14.4 Å². The largest absolute Gasteiger partial charge is 0.488 e. The second-order valence-electron chi connectivity index (χ2n) is 9.87. The number of rotatable bonds is 8. The Hall–Kier alpha value is -2.93. The Morgan fingerprint density at radius 3 is 2.42 bits per heavy atom. The summed E-state index contributed by atoms with van der Waals surface area (Å²) in [6, 6.07) is 5.31. The number of benzene rings is 1. The van der Waals surface area contributed by atoms with Gasteiger partial charge in [-0.15, -0.1) is 0 Å². The average Bonchev–Trinajstić information content (AvgIpc) is 2.83. The van der Waals surface area contributed by atoms with E-state index in [1.165, 1.54) is 29.8 Å². The highest BCUT2D eigenvalue weighted by atomic mass is 35.5. The van der Waals surface area contributed by atoms with Crippen LogP contribution < -0.4 is 14.4 Å². The zero-order valence-corrected chi connectivity index (χ0v) is 22.0. The van der Waals surface area contributed by atoms with E-state index >= 15 is 4.39 Å². The van der Waals surface area contributed by atoms with Crippen LogP contribution in [0, 0.1) is 24.0 Å². The summed E-state index contributed by atoms with van der Waals surface area (Å²) in [6.45, 7) is 10.8. The average molecular weight is 516 g/mol. The summed E-state index contributed by atoms with van der Waals surface area (Å²) in [5.41, 5.74) is 5.17. The number of hydrogen-bond acceptors (Lipinski definition) is 5. The Kier molecular flexibility index (Phi) is 7.98. The molecule has 0 aliphatic carbocycles. The smallest absolute Gasteiger partial charge is 0.250 e. The zero-order chi connectivity index (χ0) is 25.9. The number of aromatic nitrogens is 2. The van der Waals surface area contributed by atoms with Crippen molar-refractivity contribution < 1.29 is 18.3 Å². The van der Waals surface area contributed by atoms with Gasteiger partial charge in [0.25, 0.3) is 5.88 Å². The first-order chi connectivity index (χ1) is 17.2. The second kappa shape index (κ2) is 11.0. The standard InChI is InChI=1S/C28H32ClF2N3O2/c1-5-21-18(2)32-17-22(26(21)34-10-8-28(3,4)9-11-34)19-14-24(31)27(33-16-19)36-13-12-35-25-7-6-20(30)15-23(25)29/h6-7,14-17H,5,8-13H2,1-4H3. The van der Waals surface area contributed by atoms with Gasteiger partial charge >= 0.3 is 0 Å². The van der Waals surface area contributed by atoms with Gasteiger partial charge in [0.2, 0.25) is 0 Å². The van der Waals surface area contributed by atoms with Gasteiger partial charge in [0.1, 0.15) is 24.8 Å². The van der Waals surface area contributed by atoms with Crippen LogP contribution in [0.25, 0.3) is 11.1 Å². The molecule has 0 radical (unpaired) electrons. The Balaban J connectivity index is 1.50. The molecule has 0 bridgehead atoms. The molecular formula is C28H32ClF2N3O2. The summed E-state index contributed by atoms with van der Waals surface area (Å²) in [7, 11) is 0. The summed E-state index contributed by atoms with van der Waals surface area (Å²) in [5.74, 6) is -0.781. The Morgan fingerprint density at radius 2 is 1.75 bits per heavy atom. The summed E-state index contributed by atoms with van der Waals surface area (Å²) in [4.78, 5) is 11.3. The first-order valence-electron chi connectivity index (χ1n) is 12.3. The van der Waals surface area contributed by atoms with Crippen molar-refractivity contribution in [1.82, 2.24) is 9.97 Å². The van der Waals surface area contributed by atoms with E-state index in [0.717, 1.165) is 49.3 Å². The first kappa shape index (κ1) is 26.1. The molecule has 0 saturated carbocycles. The second-order valence-corrected chi connectivity index (χ2v) is 10.3. The minimum atomic E-state index is -0.559. The van der Waals surface area contributed by atoms with Gasteiger partial charge in [0.05, 0.1) is 10.7 Å². The number of aryl methyl sites for hydroxylation is 1. The number of halogens is 3.